The standard InChI is InChI=1S/C13H18Cl2N2O2/c1-16-8-9-6-10(14)7-11(15)13(9)19-5-4-12(18)17(2)3/h6-7,16H,4-5,8H2,1-3H3. The molecule has 0 spiro atoms. The smallest absolute Gasteiger partial charge is 0.225 e. The van der Waals surface area contributed by atoms with E-state index in [1.807, 2.05) is 7.05 Å². The van der Waals surface area contributed by atoms with Gasteiger partial charge in [-0.1, -0.05) is 23.2 Å². The van der Waals surface area contributed by atoms with Crippen LogP contribution in [0.25, 0.3) is 0 Å². The van der Waals surface area contributed by atoms with E-state index in [2.05, 4.69) is 5.32 Å². The molecule has 0 unspecified atom stereocenters. The number of nitrogens with one attached hydrogen (secondary N) is 1. The first-order chi connectivity index (χ1) is 8.95. The lowest BCUT2D eigenvalue weighted by Crippen LogP contribution is -2.23. The van der Waals surface area contributed by atoms with Gasteiger partial charge in [-0.25, -0.2) is 0 Å². The van der Waals surface area contributed by atoms with Crippen LogP contribution in [0.15, 0.2) is 12.1 Å². The van der Waals surface area contributed by atoms with Crippen molar-refractivity contribution >= 4 is 29.1 Å². The highest BCUT2D eigenvalue weighted by Gasteiger charge is 2.11. The Bertz CT molecular complexity index is 451. The van der Waals surface area contributed by atoms with Crippen LogP contribution < -0.4 is 10.1 Å². The Morgan fingerprint density at radius 1 is 1.37 bits per heavy atom. The van der Waals surface area contributed by atoms with Crippen LogP contribution >= 0.6 is 23.2 Å². The number of carbonyl (C=O) groups is 1. The van der Waals surface area contributed by atoms with Crippen LogP contribution in [0.1, 0.15) is 12.0 Å². The third-order valence-electron chi connectivity index (χ3n) is 2.51. The van der Waals surface area contributed by atoms with Crippen LogP contribution in [0.5, 0.6) is 5.75 Å². The van der Waals surface area contributed by atoms with Gasteiger partial charge in [-0.3, -0.25) is 4.79 Å². The highest BCUT2D eigenvalue weighted by Crippen LogP contribution is 2.32. The first-order valence-electron chi connectivity index (χ1n) is 5.91. The highest BCUT2D eigenvalue weighted by molar-refractivity contribution is 6.35. The quantitative estimate of drug-likeness (QED) is 0.878. The van der Waals surface area contributed by atoms with E-state index in [9.17, 15) is 4.79 Å². The third-order valence-corrected chi connectivity index (χ3v) is 3.01. The van der Waals surface area contributed by atoms with Gasteiger partial charge in [-0.05, 0) is 19.2 Å². The molecule has 19 heavy (non-hydrogen) atoms. The molecule has 0 aliphatic heterocycles. The molecule has 6 heteroatoms. The molecule has 1 aromatic rings. The average molecular weight is 305 g/mol. The van der Waals surface area contributed by atoms with E-state index < -0.39 is 0 Å². The zero-order chi connectivity index (χ0) is 14.4. The van der Waals surface area contributed by atoms with Crippen molar-refractivity contribution in [2.24, 2.45) is 0 Å². The lowest BCUT2D eigenvalue weighted by Gasteiger charge is -2.15. The van der Waals surface area contributed by atoms with E-state index >= 15 is 0 Å². The lowest BCUT2D eigenvalue weighted by molar-refractivity contribution is -0.129. The zero-order valence-corrected chi connectivity index (χ0v) is 12.8. The number of benzene rings is 1. The van der Waals surface area contributed by atoms with Crippen LogP contribution in [0.2, 0.25) is 10.0 Å². The Hall–Kier alpha value is -0.970. The number of halogens is 2. The summed E-state index contributed by atoms with van der Waals surface area (Å²) >= 11 is 12.1. The molecule has 0 radical (unpaired) electrons. The van der Waals surface area contributed by atoms with Crippen LogP contribution in [-0.4, -0.2) is 38.6 Å². The summed E-state index contributed by atoms with van der Waals surface area (Å²) in [7, 11) is 5.25. The Morgan fingerprint density at radius 2 is 2.05 bits per heavy atom. The van der Waals surface area contributed by atoms with Crippen molar-refractivity contribution in [3.63, 3.8) is 0 Å². The Labute approximate surface area is 123 Å². The molecule has 0 heterocycles. The van der Waals surface area contributed by atoms with Crippen molar-refractivity contribution in [1.29, 1.82) is 0 Å². The number of hydrogen-bond acceptors (Lipinski definition) is 3. The fraction of sp³-hybridized carbons (Fsp3) is 0.462. The van der Waals surface area contributed by atoms with Crippen molar-refractivity contribution in [1.82, 2.24) is 10.2 Å². The van der Waals surface area contributed by atoms with Gasteiger partial charge in [0, 0.05) is 31.2 Å². The van der Waals surface area contributed by atoms with Crippen molar-refractivity contribution < 1.29 is 9.53 Å². The summed E-state index contributed by atoms with van der Waals surface area (Å²) in [6, 6.07) is 3.43. The Kier molecular flexibility index (Phi) is 6.42. The van der Waals surface area contributed by atoms with Gasteiger partial charge in [0.2, 0.25) is 5.91 Å². The van der Waals surface area contributed by atoms with Crippen molar-refractivity contribution in [2.45, 2.75) is 13.0 Å². The second-order valence-corrected chi connectivity index (χ2v) is 5.14. The van der Waals surface area contributed by atoms with Gasteiger partial charge in [0.25, 0.3) is 0 Å². The SMILES string of the molecule is CNCc1cc(Cl)cc(Cl)c1OCCC(=O)N(C)C. The van der Waals surface area contributed by atoms with Gasteiger partial charge in [0.15, 0.2) is 0 Å². The van der Waals surface area contributed by atoms with Gasteiger partial charge < -0.3 is 15.0 Å². The van der Waals surface area contributed by atoms with E-state index in [0.717, 1.165) is 5.56 Å². The molecule has 4 nitrogen and oxygen atoms in total. The van der Waals surface area contributed by atoms with E-state index in [0.29, 0.717) is 28.8 Å². The predicted molar refractivity (Wildman–Crippen MR) is 78.0 cm³/mol. The molecule has 0 saturated carbocycles. The molecule has 1 aromatic carbocycles. The summed E-state index contributed by atoms with van der Waals surface area (Å²) in [4.78, 5) is 13.0. The fourth-order valence-corrected chi connectivity index (χ4v) is 2.15. The zero-order valence-electron chi connectivity index (χ0n) is 11.3. The maximum absolute atomic E-state index is 11.5. The molecule has 0 fully saturated rings. The highest BCUT2D eigenvalue weighted by atomic mass is 35.5. The molecule has 106 valence electrons. The maximum atomic E-state index is 11.5. The van der Waals surface area contributed by atoms with Gasteiger partial charge >= 0.3 is 0 Å². The number of ether oxygens (including phenoxy) is 1. The number of carbonyl (C=O) groups excluding carboxylic acids is 1. The van der Waals surface area contributed by atoms with Crippen LogP contribution in [0.4, 0.5) is 0 Å². The molecule has 1 amide bonds. The van der Waals surface area contributed by atoms with Crippen molar-refractivity contribution in [3.8, 4) is 5.75 Å². The van der Waals surface area contributed by atoms with E-state index in [1.165, 1.54) is 4.90 Å². The first kappa shape index (κ1) is 16.1. The monoisotopic (exact) mass is 304 g/mol. The Morgan fingerprint density at radius 3 is 2.63 bits per heavy atom. The maximum Gasteiger partial charge on any atom is 0.225 e. The topological polar surface area (TPSA) is 41.6 Å². The van der Waals surface area contributed by atoms with Crippen LogP contribution in [0.3, 0.4) is 0 Å². The number of amides is 1. The minimum Gasteiger partial charge on any atom is -0.491 e. The minimum atomic E-state index is 0.0141. The fourth-order valence-electron chi connectivity index (χ4n) is 1.56. The second-order valence-electron chi connectivity index (χ2n) is 4.29. The summed E-state index contributed by atoms with van der Waals surface area (Å²) in [6.07, 6.45) is 0.310. The van der Waals surface area contributed by atoms with Crippen molar-refractivity contribution in [2.75, 3.05) is 27.7 Å². The summed E-state index contributed by atoms with van der Waals surface area (Å²) < 4.78 is 5.62. The summed E-state index contributed by atoms with van der Waals surface area (Å²) in [5.41, 5.74) is 0.873. The lowest BCUT2D eigenvalue weighted by atomic mass is 10.2. The van der Waals surface area contributed by atoms with Gasteiger partial charge in [0.05, 0.1) is 18.1 Å². The van der Waals surface area contributed by atoms with Gasteiger partial charge in [-0.2, -0.15) is 0 Å². The normalized spacial score (nSPS) is 10.4. The molecule has 0 aromatic heterocycles. The molecule has 0 aliphatic rings. The Balaban J connectivity index is 2.74. The summed E-state index contributed by atoms with van der Waals surface area (Å²) in [5, 5.41) is 4.04. The van der Waals surface area contributed by atoms with Crippen LogP contribution in [0, 0.1) is 0 Å². The van der Waals surface area contributed by atoms with E-state index in [4.69, 9.17) is 27.9 Å². The molecule has 0 saturated heterocycles. The van der Waals surface area contributed by atoms with Crippen molar-refractivity contribution in [3.05, 3.63) is 27.7 Å². The summed E-state index contributed by atoms with van der Waals surface area (Å²) in [5.74, 6) is 0.590. The number of hydrogen-bond donors (Lipinski definition) is 1. The predicted octanol–water partition coefficient (Wildman–Crippen LogP) is 2.57. The third kappa shape index (κ3) is 4.90. The first-order valence-corrected chi connectivity index (χ1v) is 6.66. The van der Waals surface area contributed by atoms with Gasteiger partial charge in [-0.15, -0.1) is 0 Å². The molecule has 1 rings (SSSR count). The molecule has 0 atom stereocenters. The number of rotatable bonds is 6. The van der Waals surface area contributed by atoms with E-state index in [1.54, 1.807) is 26.2 Å². The minimum absolute atomic E-state index is 0.0141. The molecular formula is C13H18Cl2N2O2. The molecule has 0 bridgehead atoms. The number of nitrogens with zero attached hydrogens (tertiary/aromatic N) is 1. The van der Waals surface area contributed by atoms with E-state index in [-0.39, 0.29) is 12.5 Å². The summed E-state index contributed by atoms with van der Waals surface area (Å²) in [6.45, 7) is 0.881. The molecular weight excluding hydrogens is 287 g/mol. The molecule has 0 aliphatic carbocycles. The van der Waals surface area contributed by atoms with Gasteiger partial charge in [0.1, 0.15) is 5.75 Å². The second kappa shape index (κ2) is 7.58. The average Bonchev–Trinajstić information content (AvgIpc) is 2.32. The largest absolute Gasteiger partial charge is 0.491 e. The molecule has 1 N–H and O–H groups in total. The van der Waals surface area contributed by atoms with Crippen LogP contribution in [-0.2, 0) is 11.3 Å².